The van der Waals surface area contributed by atoms with Crippen LogP contribution < -0.4 is 10.6 Å². The Morgan fingerprint density at radius 1 is 1.00 bits per heavy atom. The molecular weight excluding hydrogens is 568 g/mol. The molecule has 1 unspecified atom stereocenters. The number of Topliss-reactive ketones (excluding diaryl/α,β-unsaturated/α-hetero) is 1. The summed E-state index contributed by atoms with van der Waals surface area (Å²) in [6.07, 6.45) is 4.40. The molecule has 4 atom stereocenters. The van der Waals surface area contributed by atoms with Crippen molar-refractivity contribution in [2.45, 2.75) is 44.3 Å². The Hall–Kier alpha value is -4.50. The van der Waals surface area contributed by atoms with Crippen molar-refractivity contribution in [2.75, 3.05) is 6.54 Å². The van der Waals surface area contributed by atoms with Crippen molar-refractivity contribution in [2.24, 2.45) is 11.8 Å². The fourth-order valence-electron chi connectivity index (χ4n) is 6.35. The second-order valence-electron chi connectivity index (χ2n) is 11.2. The standard InChI is InChI=1S/C33H31ClN4O5/c34-23-12-13-27-22(16-23)17-28(43-27)33(42)38-19-21-9-6-11-25(21)29(38)31(40)37-26(15-20-7-2-1-3-8-20)30(39)32(41)36-18-24-10-4-5-14-35-24/h1-5,7-8,10,12-14,16-17,21,25-26,29H,6,9,11,15,18-19H2,(H,36,41)(H,37,40)/t21-,25-,26+,29?/m0/s1. The van der Waals surface area contributed by atoms with Crippen LogP contribution in [0.4, 0.5) is 0 Å². The number of amides is 3. The van der Waals surface area contributed by atoms with Crippen LogP contribution in [0.3, 0.4) is 0 Å². The highest BCUT2D eigenvalue weighted by molar-refractivity contribution is 6.38. The van der Waals surface area contributed by atoms with Gasteiger partial charge in [-0.15, -0.1) is 0 Å². The van der Waals surface area contributed by atoms with Crippen LogP contribution in [-0.4, -0.2) is 52.0 Å². The first kappa shape index (κ1) is 28.6. The minimum absolute atomic E-state index is 0.0479. The van der Waals surface area contributed by atoms with E-state index in [4.69, 9.17) is 16.0 Å². The first-order chi connectivity index (χ1) is 20.9. The van der Waals surface area contributed by atoms with Crippen molar-refractivity contribution in [3.05, 3.63) is 101 Å². The van der Waals surface area contributed by atoms with Gasteiger partial charge in [0.1, 0.15) is 17.7 Å². The van der Waals surface area contributed by atoms with Gasteiger partial charge in [-0.2, -0.15) is 0 Å². The Bertz CT molecular complexity index is 1660. The molecule has 1 saturated carbocycles. The molecule has 43 heavy (non-hydrogen) atoms. The molecule has 220 valence electrons. The number of halogens is 1. The Morgan fingerprint density at radius 3 is 2.60 bits per heavy atom. The van der Waals surface area contributed by atoms with Gasteiger partial charge in [-0.3, -0.25) is 24.2 Å². The van der Waals surface area contributed by atoms with E-state index in [1.807, 2.05) is 30.3 Å². The van der Waals surface area contributed by atoms with Crippen LogP contribution in [0.5, 0.6) is 0 Å². The maximum atomic E-state index is 14.0. The minimum Gasteiger partial charge on any atom is -0.451 e. The minimum atomic E-state index is -1.12. The van der Waals surface area contributed by atoms with Crippen molar-refractivity contribution in [3.63, 3.8) is 0 Å². The van der Waals surface area contributed by atoms with E-state index in [0.29, 0.717) is 28.2 Å². The van der Waals surface area contributed by atoms with Crippen molar-refractivity contribution in [3.8, 4) is 0 Å². The van der Waals surface area contributed by atoms with Crippen molar-refractivity contribution >= 4 is 46.1 Å². The maximum Gasteiger partial charge on any atom is 0.290 e. The van der Waals surface area contributed by atoms with E-state index >= 15 is 0 Å². The van der Waals surface area contributed by atoms with Crippen LogP contribution in [0.25, 0.3) is 11.0 Å². The summed E-state index contributed by atoms with van der Waals surface area (Å²) in [5.41, 5.74) is 1.92. The number of nitrogens with one attached hydrogen (secondary N) is 2. The van der Waals surface area contributed by atoms with Gasteiger partial charge in [-0.05, 0) is 66.6 Å². The van der Waals surface area contributed by atoms with Crippen molar-refractivity contribution in [1.29, 1.82) is 0 Å². The van der Waals surface area contributed by atoms with Crippen LogP contribution in [0.2, 0.25) is 5.02 Å². The summed E-state index contributed by atoms with van der Waals surface area (Å²) in [5, 5.41) is 6.71. The van der Waals surface area contributed by atoms with Gasteiger partial charge in [0.25, 0.3) is 11.8 Å². The lowest BCUT2D eigenvalue weighted by Crippen LogP contribution is -2.55. The number of rotatable bonds is 9. The number of ketones is 1. The highest BCUT2D eigenvalue weighted by atomic mass is 35.5. The number of furan rings is 1. The van der Waals surface area contributed by atoms with E-state index in [-0.39, 0.29) is 36.5 Å². The number of benzene rings is 2. The number of hydrogen-bond donors (Lipinski definition) is 2. The zero-order valence-electron chi connectivity index (χ0n) is 23.4. The molecule has 2 fully saturated rings. The second-order valence-corrected chi connectivity index (χ2v) is 11.6. The van der Waals surface area contributed by atoms with Crippen LogP contribution in [0.15, 0.2) is 83.4 Å². The molecule has 2 aliphatic rings. The number of fused-ring (bicyclic) bond motifs is 2. The van der Waals surface area contributed by atoms with Gasteiger partial charge >= 0.3 is 0 Å². The van der Waals surface area contributed by atoms with Crippen LogP contribution in [0, 0.1) is 11.8 Å². The summed E-state index contributed by atoms with van der Waals surface area (Å²) >= 11 is 6.12. The van der Waals surface area contributed by atoms with E-state index in [0.717, 1.165) is 24.8 Å². The molecule has 2 aromatic heterocycles. The SMILES string of the molecule is O=C(NCc1ccccn1)C(=O)[C@@H](Cc1ccccc1)NC(=O)C1[C@H]2CCC[C@H]2CN1C(=O)c1cc2cc(Cl)ccc2o1. The molecule has 3 amide bonds. The summed E-state index contributed by atoms with van der Waals surface area (Å²) in [7, 11) is 0. The Morgan fingerprint density at radius 2 is 1.81 bits per heavy atom. The van der Waals surface area contributed by atoms with Gasteiger partial charge in [0.05, 0.1) is 12.2 Å². The molecule has 0 radical (unpaired) electrons. The van der Waals surface area contributed by atoms with E-state index in [1.165, 1.54) is 0 Å². The summed E-state index contributed by atoms with van der Waals surface area (Å²) in [6.45, 7) is 0.496. The monoisotopic (exact) mass is 598 g/mol. The molecule has 1 saturated heterocycles. The predicted molar refractivity (Wildman–Crippen MR) is 160 cm³/mol. The van der Waals surface area contributed by atoms with E-state index < -0.39 is 29.7 Å². The number of carbonyl (C=O) groups is 4. The number of carbonyl (C=O) groups excluding carboxylic acids is 4. The first-order valence-electron chi connectivity index (χ1n) is 14.4. The summed E-state index contributed by atoms with van der Waals surface area (Å²) in [5.74, 6) is -2.17. The second kappa shape index (κ2) is 12.4. The van der Waals surface area contributed by atoms with Gasteiger partial charge in [0.15, 0.2) is 5.76 Å². The number of likely N-dealkylation sites (tertiary alicyclic amines) is 1. The van der Waals surface area contributed by atoms with Crippen molar-refractivity contribution < 1.29 is 23.6 Å². The maximum absolute atomic E-state index is 14.0. The quantitative estimate of drug-likeness (QED) is 0.277. The zero-order chi connectivity index (χ0) is 29.9. The molecule has 10 heteroatoms. The van der Waals surface area contributed by atoms with E-state index in [2.05, 4.69) is 15.6 Å². The Balaban J connectivity index is 1.23. The van der Waals surface area contributed by atoms with Crippen molar-refractivity contribution in [1.82, 2.24) is 20.5 Å². The molecule has 4 aromatic rings. The summed E-state index contributed by atoms with van der Waals surface area (Å²) in [6, 6.07) is 19.3. The number of nitrogens with zero attached hydrogens (tertiary/aromatic N) is 2. The molecule has 3 heterocycles. The van der Waals surface area contributed by atoms with Crippen LogP contribution in [0.1, 0.15) is 41.1 Å². The van der Waals surface area contributed by atoms with Gasteiger partial charge in [0.2, 0.25) is 11.7 Å². The molecule has 2 N–H and O–H groups in total. The van der Waals surface area contributed by atoms with Crippen LogP contribution >= 0.6 is 11.6 Å². The molecule has 6 rings (SSSR count). The third-order valence-electron chi connectivity index (χ3n) is 8.40. The normalized spacial score (nSPS) is 20.0. The fraction of sp³-hybridized carbons (Fsp3) is 0.303. The highest BCUT2D eigenvalue weighted by Gasteiger charge is 2.50. The van der Waals surface area contributed by atoms with Gasteiger partial charge < -0.3 is 20.0 Å². The first-order valence-corrected chi connectivity index (χ1v) is 14.8. The van der Waals surface area contributed by atoms with Gasteiger partial charge in [-0.25, -0.2) is 0 Å². The molecule has 0 bridgehead atoms. The van der Waals surface area contributed by atoms with E-state index in [1.54, 1.807) is 53.6 Å². The average molecular weight is 599 g/mol. The topological polar surface area (TPSA) is 122 Å². The van der Waals surface area contributed by atoms with Crippen LogP contribution in [-0.2, 0) is 27.3 Å². The van der Waals surface area contributed by atoms with Gasteiger partial charge in [0, 0.05) is 29.6 Å². The molecule has 1 aliphatic carbocycles. The third kappa shape index (κ3) is 6.17. The molecule has 1 aliphatic heterocycles. The number of pyridine rings is 1. The largest absolute Gasteiger partial charge is 0.451 e. The molecule has 9 nitrogen and oxygen atoms in total. The Kier molecular flexibility index (Phi) is 8.24. The lowest BCUT2D eigenvalue weighted by molar-refractivity contribution is -0.140. The smallest absolute Gasteiger partial charge is 0.290 e. The lowest BCUT2D eigenvalue weighted by atomic mass is 9.92. The summed E-state index contributed by atoms with van der Waals surface area (Å²) < 4.78 is 5.85. The molecule has 2 aromatic carbocycles. The Labute approximate surface area is 253 Å². The summed E-state index contributed by atoms with van der Waals surface area (Å²) in [4.78, 5) is 59.9. The third-order valence-corrected chi connectivity index (χ3v) is 8.64. The molecular formula is C33H31ClN4O5. The number of aromatic nitrogens is 1. The average Bonchev–Trinajstić information content (AvgIpc) is 3.74. The van der Waals surface area contributed by atoms with E-state index in [9.17, 15) is 19.2 Å². The highest BCUT2D eigenvalue weighted by Crippen LogP contribution is 2.43. The fourth-order valence-corrected chi connectivity index (χ4v) is 6.53. The predicted octanol–water partition coefficient (Wildman–Crippen LogP) is 4.33. The van der Waals surface area contributed by atoms with Gasteiger partial charge in [-0.1, -0.05) is 54.4 Å². The zero-order valence-corrected chi connectivity index (χ0v) is 24.1. The lowest BCUT2D eigenvalue weighted by Gasteiger charge is -2.28. The molecule has 0 spiro atoms. The number of hydrogen-bond acceptors (Lipinski definition) is 6.